The van der Waals surface area contributed by atoms with Crippen molar-refractivity contribution >= 4 is 27.5 Å². The van der Waals surface area contributed by atoms with Crippen LogP contribution >= 0.6 is 15.9 Å². The summed E-state index contributed by atoms with van der Waals surface area (Å²) in [4.78, 5) is 12.8. The molecule has 0 saturated carbocycles. The minimum atomic E-state index is -0.341. The number of anilines is 1. The van der Waals surface area contributed by atoms with Crippen LogP contribution in [-0.4, -0.2) is 38.5 Å². The molecule has 1 saturated heterocycles. The van der Waals surface area contributed by atoms with Crippen LogP contribution in [-0.2, 0) is 14.9 Å². The molecule has 2 heterocycles. The van der Waals surface area contributed by atoms with Crippen molar-refractivity contribution in [1.29, 1.82) is 0 Å². The molecule has 0 aliphatic carbocycles. The zero-order valence-electron chi connectivity index (χ0n) is 17.3. The highest BCUT2D eigenvalue weighted by Crippen LogP contribution is 2.40. The molecule has 6 nitrogen and oxygen atoms in total. The summed E-state index contributed by atoms with van der Waals surface area (Å²) >= 11 is 3.52. The van der Waals surface area contributed by atoms with E-state index in [4.69, 9.17) is 14.2 Å². The van der Waals surface area contributed by atoms with Crippen molar-refractivity contribution in [2.24, 2.45) is 0 Å². The van der Waals surface area contributed by atoms with E-state index < -0.39 is 0 Å². The summed E-state index contributed by atoms with van der Waals surface area (Å²) < 4.78 is 17.5. The Morgan fingerprint density at radius 1 is 1.13 bits per heavy atom. The molecular weight excluding hydrogens is 448 g/mol. The number of hydrogen-bond acceptors (Lipinski definition) is 5. The maximum Gasteiger partial charge on any atom is 0.241 e. The van der Waals surface area contributed by atoms with E-state index in [0.717, 1.165) is 40.1 Å². The molecule has 1 amide bonds. The van der Waals surface area contributed by atoms with Gasteiger partial charge in [0, 0.05) is 29.6 Å². The van der Waals surface area contributed by atoms with Gasteiger partial charge in [-0.05, 0) is 78.0 Å². The van der Waals surface area contributed by atoms with Gasteiger partial charge >= 0.3 is 0 Å². The van der Waals surface area contributed by atoms with E-state index in [-0.39, 0.29) is 24.2 Å². The Kier molecular flexibility index (Phi) is 6.32. The molecule has 1 unspecified atom stereocenters. The highest BCUT2D eigenvalue weighted by molar-refractivity contribution is 9.10. The first-order chi connectivity index (χ1) is 14.5. The number of halogens is 1. The Balaban J connectivity index is 1.45. The van der Waals surface area contributed by atoms with Gasteiger partial charge in [0.05, 0.1) is 11.7 Å². The van der Waals surface area contributed by atoms with Crippen molar-refractivity contribution in [3.05, 3.63) is 52.0 Å². The van der Waals surface area contributed by atoms with E-state index in [1.54, 1.807) is 0 Å². The Labute approximate surface area is 185 Å². The smallest absolute Gasteiger partial charge is 0.241 e. The largest absolute Gasteiger partial charge is 0.454 e. The maximum atomic E-state index is 12.8. The van der Waals surface area contributed by atoms with Crippen molar-refractivity contribution in [2.75, 3.05) is 31.9 Å². The second-order valence-electron chi connectivity index (χ2n) is 8.04. The molecule has 2 aromatic carbocycles. The maximum absolute atomic E-state index is 12.8. The number of nitrogens with one attached hydrogen (secondary N) is 2. The third-order valence-electron chi connectivity index (χ3n) is 5.96. The molecule has 0 spiro atoms. The van der Waals surface area contributed by atoms with Crippen LogP contribution in [0, 0.1) is 6.92 Å². The van der Waals surface area contributed by atoms with Crippen LogP contribution in [0.2, 0.25) is 0 Å². The second kappa shape index (κ2) is 8.96. The summed E-state index contributed by atoms with van der Waals surface area (Å²) in [5.74, 6) is 1.51. The van der Waals surface area contributed by atoms with Crippen molar-refractivity contribution in [2.45, 2.75) is 38.1 Å². The highest BCUT2D eigenvalue weighted by Gasteiger charge is 2.36. The molecule has 2 aliphatic heterocycles. The summed E-state index contributed by atoms with van der Waals surface area (Å²) in [6.45, 7) is 6.26. The van der Waals surface area contributed by atoms with Crippen molar-refractivity contribution in [3.63, 3.8) is 0 Å². The van der Waals surface area contributed by atoms with E-state index in [1.807, 2.05) is 38.1 Å². The molecule has 1 atom stereocenters. The Morgan fingerprint density at radius 2 is 1.90 bits per heavy atom. The molecule has 0 aromatic heterocycles. The average molecular weight is 475 g/mol. The summed E-state index contributed by atoms with van der Waals surface area (Å²) in [6.07, 6.45) is 1.77. The topological polar surface area (TPSA) is 68.8 Å². The van der Waals surface area contributed by atoms with Gasteiger partial charge in [0.15, 0.2) is 11.5 Å². The molecule has 4 rings (SSSR count). The van der Waals surface area contributed by atoms with E-state index in [9.17, 15) is 4.79 Å². The fourth-order valence-electron chi connectivity index (χ4n) is 3.96. The van der Waals surface area contributed by atoms with Crippen LogP contribution < -0.4 is 20.1 Å². The third kappa shape index (κ3) is 4.48. The van der Waals surface area contributed by atoms with Gasteiger partial charge in [0.25, 0.3) is 0 Å². The van der Waals surface area contributed by atoms with Crippen LogP contribution in [0.1, 0.15) is 30.9 Å². The lowest BCUT2D eigenvalue weighted by Crippen LogP contribution is -2.48. The minimum Gasteiger partial charge on any atom is -0.454 e. The van der Waals surface area contributed by atoms with Gasteiger partial charge in [-0.15, -0.1) is 0 Å². The van der Waals surface area contributed by atoms with Gasteiger partial charge < -0.3 is 24.8 Å². The summed E-state index contributed by atoms with van der Waals surface area (Å²) in [6, 6.07) is 11.7. The minimum absolute atomic E-state index is 0.0625. The van der Waals surface area contributed by atoms with Crippen molar-refractivity contribution in [1.82, 2.24) is 5.32 Å². The molecule has 0 bridgehead atoms. The fraction of sp³-hybridized carbons (Fsp3) is 0.435. The van der Waals surface area contributed by atoms with Crippen LogP contribution in [0.25, 0.3) is 0 Å². The zero-order valence-corrected chi connectivity index (χ0v) is 18.9. The molecule has 160 valence electrons. The molecule has 2 aromatic rings. The van der Waals surface area contributed by atoms with Crippen molar-refractivity contribution in [3.8, 4) is 11.5 Å². The fourth-order valence-corrected chi connectivity index (χ4v) is 4.55. The third-order valence-corrected chi connectivity index (χ3v) is 6.61. The first-order valence-corrected chi connectivity index (χ1v) is 11.0. The predicted molar refractivity (Wildman–Crippen MR) is 119 cm³/mol. The number of carbonyl (C=O) groups excluding carboxylic acids is 1. The van der Waals surface area contributed by atoms with Crippen LogP contribution in [0.15, 0.2) is 40.9 Å². The Hall–Kier alpha value is -2.09. The van der Waals surface area contributed by atoms with Crippen LogP contribution in [0.3, 0.4) is 0 Å². The van der Waals surface area contributed by atoms with Gasteiger partial charge in [0.2, 0.25) is 12.7 Å². The van der Waals surface area contributed by atoms with Gasteiger partial charge in [0.1, 0.15) is 0 Å². The second-order valence-corrected chi connectivity index (χ2v) is 8.89. The summed E-state index contributed by atoms with van der Waals surface area (Å²) in [7, 11) is 0. The summed E-state index contributed by atoms with van der Waals surface area (Å²) in [5, 5.41) is 6.46. The zero-order chi connectivity index (χ0) is 21.1. The lowest BCUT2D eigenvalue weighted by molar-refractivity contribution is -0.117. The van der Waals surface area contributed by atoms with Crippen LogP contribution in [0.5, 0.6) is 11.5 Å². The van der Waals surface area contributed by atoms with Gasteiger partial charge in [-0.2, -0.15) is 0 Å². The number of benzene rings is 2. The average Bonchev–Trinajstić information content (AvgIpc) is 3.22. The number of hydrogen-bond donors (Lipinski definition) is 2. The number of aryl methyl sites for hydroxylation is 1. The molecule has 2 N–H and O–H groups in total. The van der Waals surface area contributed by atoms with Crippen molar-refractivity contribution < 1.29 is 19.0 Å². The highest BCUT2D eigenvalue weighted by atomic mass is 79.9. The molecule has 30 heavy (non-hydrogen) atoms. The standard InChI is InChI=1S/C23H27BrN2O4/c1-15-3-5-19(18(24)11-15)26-22(27)16(2)25-13-23(7-9-28-10-8-23)17-4-6-20-21(12-17)30-14-29-20/h3-6,11-12,16,25H,7-10,13-14H2,1-2H3,(H,26,27). The lowest BCUT2D eigenvalue weighted by atomic mass is 9.74. The van der Waals surface area contributed by atoms with E-state index in [2.05, 4.69) is 38.7 Å². The van der Waals surface area contributed by atoms with E-state index >= 15 is 0 Å². The number of fused-ring (bicyclic) bond motifs is 1. The predicted octanol–water partition coefficient (Wildman–Crippen LogP) is 4.15. The SMILES string of the molecule is Cc1ccc(NC(=O)C(C)NCC2(c3ccc4c(c3)OCO4)CCOCC2)c(Br)c1. The number of ether oxygens (including phenoxy) is 3. The lowest BCUT2D eigenvalue weighted by Gasteiger charge is -2.38. The quantitative estimate of drug-likeness (QED) is 0.657. The van der Waals surface area contributed by atoms with Crippen LogP contribution in [0.4, 0.5) is 5.69 Å². The first-order valence-electron chi connectivity index (χ1n) is 10.3. The Morgan fingerprint density at radius 3 is 2.67 bits per heavy atom. The normalized spacial score (nSPS) is 18.1. The Bertz CT molecular complexity index is 927. The number of amides is 1. The van der Waals surface area contributed by atoms with E-state index in [1.165, 1.54) is 5.56 Å². The first kappa shape index (κ1) is 21.2. The summed E-state index contributed by atoms with van der Waals surface area (Å²) in [5.41, 5.74) is 2.99. The molecular formula is C23H27BrN2O4. The molecule has 2 aliphatic rings. The molecule has 1 fully saturated rings. The molecule has 0 radical (unpaired) electrons. The number of carbonyl (C=O) groups is 1. The van der Waals surface area contributed by atoms with E-state index in [0.29, 0.717) is 19.8 Å². The molecule has 7 heteroatoms. The van der Waals surface area contributed by atoms with Gasteiger partial charge in [-0.25, -0.2) is 0 Å². The van der Waals surface area contributed by atoms with Gasteiger partial charge in [-0.3, -0.25) is 4.79 Å². The number of rotatable bonds is 6. The monoisotopic (exact) mass is 474 g/mol. The van der Waals surface area contributed by atoms with Gasteiger partial charge in [-0.1, -0.05) is 12.1 Å².